The summed E-state index contributed by atoms with van der Waals surface area (Å²) in [7, 11) is 0. The molecule has 2 aliphatic heterocycles. The molecule has 7 N–H and O–H groups in total. The zero-order valence-corrected chi connectivity index (χ0v) is 72.2. The first kappa shape index (κ1) is 107. The largest absolute Gasteiger partial charge is 0.484 e. The third-order valence-electron chi connectivity index (χ3n) is 16.0. The molecular weight excluding hydrogens is 1570 g/mol. The maximum atomic E-state index is 13.4. The minimum absolute atomic E-state index is 0.0167. The molecule has 118 heavy (non-hydrogen) atoms. The van der Waals surface area contributed by atoms with Crippen molar-refractivity contribution in [2.24, 2.45) is 0 Å². The van der Waals surface area contributed by atoms with Gasteiger partial charge in [-0.3, -0.25) is 24.0 Å². The fourth-order valence-corrected chi connectivity index (χ4v) is 12.0. The fourth-order valence-electron chi connectivity index (χ4n) is 10.4. The number of thioether (sulfide) groups is 1. The lowest BCUT2D eigenvalue weighted by molar-refractivity contribution is -0.157. The summed E-state index contributed by atoms with van der Waals surface area (Å²) in [6.45, 7) is 30.4. The molecule has 0 radical (unpaired) electrons. The van der Waals surface area contributed by atoms with Crippen LogP contribution in [0.5, 0.6) is 11.5 Å². The number of rotatable bonds is 86. The van der Waals surface area contributed by atoms with E-state index >= 15 is 0 Å². The summed E-state index contributed by atoms with van der Waals surface area (Å²) in [6.07, 6.45) is 5.76. The summed E-state index contributed by atoms with van der Waals surface area (Å²) in [5.74, 6) is -0.558. The van der Waals surface area contributed by atoms with Crippen LogP contribution in [0.15, 0.2) is 18.2 Å². The summed E-state index contributed by atoms with van der Waals surface area (Å²) in [4.78, 5) is 74.0. The van der Waals surface area contributed by atoms with Crippen molar-refractivity contribution in [1.29, 1.82) is 0 Å². The van der Waals surface area contributed by atoms with E-state index in [-0.39, 0.29) is 101 Å². The molecule has 0 aliphatic carbocycles. The molecule has 38 heteroatoms. The molecule has 5 amide bonds. The lowest BCUT2D eigenvalue weighted by Gasteiger charge is -2.19. The molecule has 37 nitrogen and oxygen atoms in total. The number of ether oxygens (including phenoxy) is 24. The molecular formula is C80H145N7O30S. The Morgan fingerprint density at radius 2 is 0.669 bits per heavy atom. The molecule has 686 valence electrons. The highest BCUT2D eigenvalue weighted by atomic mass is 32.2. The number of carbonyl (C=O) groups excluding carboxylic acids is 6. The Morgan fingerprint density at radius 3 is 1.03 bits per heavy atom. The van der Waals surface area contributed by atoms with Crippen LogP contribution in [-0.4, -0.2) is 393 Å². The van der Waals surface area contributed by atoms with Gasteiger partial charge >= 0.3 is 18.0 Å². The summed E-state index contributed by atoms with van der Waals surface area (Å²) in [6, 6.07) is 5.03. The van der Waals surface area contributed by atoms with Crippen LogP contribution in [0.2, 0.25) is 0 Å². The number of benzene rings is 1. The van der Waals surface area contributed by atoms with E-state index in [9.17, 15) is 28.8 Å². The molecule has 1 aromatic rings. The van der Waals surface area contributed by atoms with E-state index < -0.39 is 28.9 Å². The Labute approximate surface area is 703 Å². The van der Waals surface area contributed by atoms with Crippen LogP contribution in [0.25, 0.3) is 0 Å². The second kappa shape index (κ2) is 75.6. The van der Waals surface area contributed by atoms with Gasteiger partial charge in [0.1, 0.15) is 22.7 Å². The number of fused-ring (bicyclic) bond motifs is 1. The number of hydrogen-bond acceptors (Lipinski definition) is 33. The molecule has 2 saturated heterocycles. The maximum absolute atomic E-state index is 13.4. The molecule has 2 heterocycles. The van der Waals surface area contributed by atoms with Crippen molar-refractivity contribution in [3.05, 3.63) is 23.8 Å². The van der Waals surface area contributed by atoms with Gasteiger partial charge in [0, 0.05) is 62.0 Å². The van der Waals surface area contributed by atoms with Crippen molar-refractivity contribution in [2.75, 3.05) is 329 Å². The van der Waals surface area contributed by atoms with Gasteiger partial charge in [-0.25, -0.2) is 4.79 Å². The predicted molar refractivity (Wildman–Crippen MR) is 437 cm³/mol. The number of unbranched alkanes of at least 4 members (excludes halogenated alkanes) is 2. The molecule has 0 saturated carbocycles. The average Bonchev–Trinajstić information content (AvgIpc) is 1.63. The number of esters is 2. The highest BCUT2D eigenvalue weighted by Gasteiger charge is 2.42. The lowest BCUT2D eigenvalue weighted by atomic mass is 10.0. The van der Waals surface area contributed by atoms with Crippen LogP contribution in [0.1, 0.15) is 96.8 Å². The lowest BCUT2D eigenvalue weighted by Crippen LogP contribution is -2.36. The van der Waals surface area contributed by atoms with Crippen molar-refractivity contribution in [1.82, 2.24) is 37.2 Å². The van der Waals surface area contributed by atoms with Crippen LogP contribution in [0, 0.1) is 0 Å². The van der Waals surface area contributed by atoms with Crippen LogP contribution < -0.4 is 46.7 Å². The van der Waals surface area contributed by atoms with Gasteiger partial charge in [0.05, 0.1) is 283 Å². The molecule has 0 bridgehead atoms. The molecule has 0 spiro atoms. The number of nitrogens with one attached hydrogen (secondary N) is 7. The minimum atomic E-state index is -0.531. The zero-order valence-electron chi connectivity index (χ0n) is 71.4. The Morgan fingerprint density at radius 1 is 0.347 bits per heavy atom. The van der Waals surface area contributed by atoms with Crippen LogP contribution in [0.3, 0.4) is 0 Å². The van der Waals surface area contributed by atoms with E-state index in [0.29, 0.717) is 275 Å². The number of carbonyl (C=O) groups is 6. The normalized spacial score (nSPS) is 14.6. The SMILES string of the molecule is CC(C)(C)OC(=O)CCOCCOCCOCCOCCNC(=O)COc1cc(OCC(=O)NCCOCCOCCOCCOCCC(=O)OC(C)(C)C)cc(C(=O)NCCNCCCOCCOCCOCCOCCOCCOCCOCCOCCOCCOCCOCCOCCNCCCCC[C@@H]2SC[C@@H]3NC(=O)N[C@@H]32)c1. The molecule has 3 rings (SSSR count). The average molecular weight is 1720 g/mol. The fraction of sp³-hybridized carbons (Fsp3) is 0.850. The third kappa shape index (κ3) is 68.4. The minimum Gasteiger partial charge on any atom is -0.484 e. The molecule has 0 unspecified atom stereocenters. The van der Waals surface area contributed by atoms with E-state index in [1.54, 1.807) is 0 Å². The van der Waals surface area contributed by atoms with E-state index in [0.717, 1.165) is 38.1 Å². The van der Waals surface area contributed by atoms with Gasteiger partial charge in [-0.1, -0.05) is 12.8 Å². The number of hydrogen-bond donors (Lipinski definition) is 7. The predicted octanol–water partition coefficient (Wildman–Crippen LogP) is 2.50. The second-order valence-corrected chi connectivity index (χ2v) is 29.7. The van der Waals surface area contributed by atoms with Crippen molar-refractivity contribution in [3.8, 4) is 11.5 Å². The van der Waals surface area contributed by atoms with Crippen LogP contribution in [0.4, 0.5) is 4.79 Å². The molecule has 1 aromatic carbocycles. The third-order valence-corrected chi connectivity index (χ3v) is 17.5. The van der Waals surface area contributed by atoms with Gasteiger partial charge in [-0.05, 0) is 86.0 Å². The van der Waals surface area contributed by atoms with Crippen molar-refractivity contribution in [2.45, 2.75) is 115 Å². The van der Waals surface area contributed by atoms with Crippen molar-refractivity contribution < 1.29 is 142 Å². The monoisotopic (exact) mass is 1720 g/mol. The molecule has 3 atom stereocenters. The Hall–Kier alpha value is -5.09. The summed E-state index contributed by atoms with van der Waals surface area (Å²) < 4.78 is 133. The van der Waals surface area contributed by atoms with E-state index in [1.165, 1.54) is 31.0 Å². The first-order valence-corrected chi connectivity index (χ1v) is 42.8. The van der Waals surface area contributed by atoms with E-state index in [1.807, 2.05) is 53.3 Å². The van der Waals surface area contributed by atoms with E-state index in [4.69, 9.17) is 114 Å². The van der Waals surface area contributed by atoms with Gasteiger partial charge in [-0.2, -0.15) is 11.8 Å². The van der Waals surface area contributed by atoms with Gasteiger partial charge in [0.25, 0.3) is 17.7 Å². The standard InChI is InChI=1S/C80H145N7O30S/c1-79(2,3)116-74(90)12-22-95-28-34-101-40-42-104-37-31-98-25-19-83-72(88)64-114-68-61-67(62-69(63-68)115-65-73(89)84-20-26-99-32-38-105-43-41-102-35-29-96-23-13-75(91)117-80(4,5)6)77(92)85-17-16-81-15-10-21-94-27-33-100-39-45-106-47-49-108-51-53-110-55-57-112-59-60-113-58-56-111-54-52-109-50-48-107-46-44-103-36-30-97-24-18-82-14-9-7-8-11-71-76-70(66-118-71)86-78(93)87-76/h61-63,70-71,76,81-82H,7-60,64-66H2,1-6H3,(H,83,88)(H,84,89)(H,85,92)(H2,86,87,93)/t70-,71-,76-/m0/s1. The first-order chi connectivity index (χ1) is 57.5. The quantitative estimate of drug-likeness (QED) is 0.0280. The zero-order chi connectivity index (χ0) is 85.0. The van der Waals surface area contributed by atoms with Gasteiger partial charge in [0.2, 0.25) is 0 Å². The van der Waals surface area contributed by atoms with Gasteiger partial charge in [0.15, 0.2) is 13.2 Å². The molecule has 0 aromatic heterocycles. The van der Waals surface area contributed by atoms with Gasteiger partial charge < -0.3 is 151 Å². The Kier molecular flexibility index (Phi) is 68.6. The van der Waals surface area contributed by atoms with Crippen LogP contribution in [-0.2, 0) is 123 Å². The topological polar surface area (TPSA) is 408 Å². The first-order valence-electron chi connectivity index (χ1n) is 41.8. The summed E-state index contributed by atoms with van der Waals surface area (Å²) in [5, 5.41) is 21.7. The Balaban J connectivity index is 1.09. The second-order valence-electron chi connectivity index (χ2n) is 28.5. The number of amides is 5. The highest BCUT2D eigenvalue weighted by Crippen LogP contribution is 2.33. The van der Waals surface area contributed by atoms with E-state index in [2.05, 4.69) is 37.2 Å². The van der Waals surface area contributed by atoms with Gasteiger partial charge in [-0.15, -0.1) is 0 Å². The molecule has 2 aliphatic rings. The summed E-state index contributed by atoms with van der Waals surface area (Å²) >= 11 is 1.98. The number of urea groups is 1. The smallest absolute Gasteiger partial charge is 0.315 e. The highest BCUT2D eigenvalue weighted by molar-refractivity contribution is 8.00. The van der Waals surface area contributed by atoms with Crippen LogP contribution >= 0.6 is 11.8 Å². The molecule has 2 fully saturated rings. The summed E-state index contributed by atoms with van der Waals surface area (Å²) in [5.41, 5.74) is -0.876. The van der Waals surface area contributed by atoms with Crippen molar-refractivity contribution in [3.63, 3.8) is 0 Å². The van der Waals surface area contributed by atoms with Crippen molar-refractivity contribution >= 4 is 47.5 Å². The Bertz CT molecular complexity index is 2520. The maximum Gasteiger partial charge on any atom is 0.315 e.